The monoisotopic (exact) mass is 405 g/mol. The topological polar surface area (TPSA) is 84.9 Å². The molecular weight excluding hydrogens is 382 g/mol. The van der Waals surface area contributed by atoms with Gasteiger partial charge >= 0.3 is 5.97 Å². The van der Waals surface area contributed by atoms with Crippen molar-refractivity contribution in [3.8, 4) is 11.5 Å². The van der Waals surface area contributed by atoms with Gasteiger partial charge < -0.3 is 19.9 Å². The van der Waals surface area contributed by atoms with Crippen LogP contribution >= 0.6 is 11.6 Å². The van der Waals surface area contributed by atoms with Crippen molar-refractivity contribution in [1.29, 1.82) is 0 Å². The van der Waals surface area contributed by atoms with E-state index in [1.807, 2.05) is 0 Å². The third kappa shape index (κ3) is 6.16. The van der Waals surface area contributed by atoms with E-state index in [1.54, 1.807) is 49.4 Å². The zero-order chi connectivity index (χ0) is 20.7. The predicted molar refractivity (Wildman–Crippen MR) is 108 cm³/mol. The van der Waals surface area contributed by atoms with Crippen molar-refractivity contribution in [2.75, 3.05) is 19.0 Å². The van der Waals surface area contributed by atoms with E-state index in [0.29, 0.717) is 28.6 Å². The molecule has 2 unspecified atom stereocenters. The van der Waals surface area contributed by atoms with E-state index in [9.17, 15) is 9.59 Å². The van der Waals surface area contributed by atoms with Crippen molar-refractivity contribution >= 4 is 29.0 Å². The predicted octanol–water partition coefficient (Wildman–Crippen LogP) is 4.58. The molecule has 0 amide bonds. The second-order valence-corrected chi connectivity index (χ2v) is 6.95. The van der Waals surface area contributed by atoms with Gasteiger partial charge in [0.05, 0.1) is 19.6 Å². The molecule has 0 aromatic heterocycles. The van der Waals surface area contributed by atoms with E-state index < -0.39 is 17.9 Å². The molecule has 2 N–H and O–H groups in total. The number of carbonyl (C=O) groups excluding carboxylic acids is 1. The zero-order valence-corrected chi connectivity index (χ0v) is 16.8. The van der Waals surface area contributed by atoms with Crippen LogP contribution in [0.3, 0.4) is 0 Å². The largest absolute Gasteiger partial charge is 0.497 e. The Morgan fingerprint density at radius 3 is 2.36 bits per heavy atom. The van der Waals surface area contributed by atoms with Crippen LogP contribution in [0.2, 0.25) is 5.02 Å². The van der Waals surface area contributed by atoms with Gasteiger partial charge in [-0.1, -0.05) is 30.7 Å². The third-order valence-corrected chi connectivity index (χ3v) is 4.53. The maximum absolute atomic E-state index is 12.2. The van der Waals surface area contributed by atoms with E-state index in [0.717, 1.165) is 5.56 Å². The molecule has 6 nitrogen and oxygen atoms in total. The minimum atomic E-state index is -0.858. The summed E-state index contributed by atoms with van der Waals surface area (Å²) in [4.78, 5) is 23.1. The van der Waals surface area contributed by atoms with Crippen LogP contribution in [0.1, 0.15) is 31.9 Å². The number of hydrogen-bond acceptors (Lipinski definition) is 5. The number of halogens is 1. The molecule has 0 spiro atoms. The summed E-state index contributed by atoms with van der Waals surface area (Å²) in [6.07, 6.45) is 0.385. The first-order chi connectivity index (χ1) is 13.3. The zero-order valence-electron chi connectivity index (χ0n) is 16.1. The van der Waals surface area contributed by atoms with Gasteiger partial charge in [0.2, 0.25) is 0 Å². The first kappa shape index (κ1) is 21.6. The summed E-state index contributed by atoms with van der Waals surface area (Å²) in [5.74, 6) is -0.315. The van der Waals surface area contributed by atoms with Crippen LogP contribution in [-0.2, 0) is 9.59 Å². The number of benzene rings is 2. The fourth-order valence-corrected chi connectivity index (χ4v) is 2.70. The Labute approximate surface area is 169 Å². The minimum absolute atomic E-state index is 0.0529. The number of carboxylic acid groups (broad SMARTS) is 1. The van der Waals surface area contributed by atoms with Crippen LogP contribution in [0.15, 0.2) is 42.5 Å². The van der Waals surface area contributed by atoms with Crippen molar-refractivity contribution in [3.05, 3.63) is 53.1 Å². The summed E-state index contributed by atoms with van der Waals surface area (Å²) in [5.41, 5.74) is 1.44. The second kappa shape index (κ2) is 9.99. The summed E-state index contributed by atoms with van der Waals surface area (Å²) >= 11 is 5.93. The Balaban J connectivity index is 2.17. The average Bonchev–Trinajstić information content (AvgIpc) is 2.66. The highest BCUT2D eigenvalue weighted by Crippen LogP contribution is 2.30. The fourth-order valence-electron chi connectivity index (χ4n) is 2.57. The third-order valence-electron chi connectivity index (χ3n) is 4.28. The standard InChI is InChI=1S/C21H24ClNO5/c1-13(21(25)26)8-9-28-19-11-17(10-18(12-19)27-3)23-20(14(2)24)15-4-6-16(22)7-5-15/h4-7,10-13,20,23H,8-9H2,1-3H3,(H,25,26). The Morgan fingerprint density at radius 2 is 1.79 bits per heavy atom. The number of carbonyl (C=O) groups is 2. The smallest absolute Gasteiger partial charge is 0.306 e. The summed E-state index contributed by atoms with van der Waals surface area (Å²) in [7, 11) is 1.54. The van der Waals surface area contributed by atoms with Gasteiger partial charge in [-0.2, -0.15) is 0 Å². The second-order valence-electron chi connectivity index (χ2n) is 6.51. The molecule has 0 radical (unpaired) electrons. The first-order valence-corrected chi connectivity index (χ1v) is 9.25. The van der Waals surface area contributed by atoms with Gasteiger partial charge in [0, 0.05) is 28.9 Å². The molecule has 2 atom stereocenters. The van der Waals surface area contributed by atoms with E-state index >= 15 is 0 Å². The number of Topliss-reactive ketones (excluding diaryl/α,β-unsaturated/α-hetero) is 1. The molecule has 0 fully saturated rings. The van der Waals surface area contributed by atoms with Crippen molar-refractivity contribution in [2.45, 2.75) is 26.3 Å². The summed E-state index contributed by atoms with van der Waals surface area (Å²) in [6.45, 7) is 3.40. The number of carboxylic acids is 1. The van der Waals surface area contributed by atoms with Gasteiger partial charge in [-0.3, -0.25) is 9.59 Å². The van der Waals surface area contributed by atoms with Gasteiger partial charge in [-0.25, -0.2) is 0 Å². The lowest BCUT2D eigenvalue weighted by atomic mass is 10.0. The molecule has 0 aliphatic carbocycles. The highest BCUT2D eigenvalue weighted by atomic mass is 35.5. The molecule has 0 saturated heterocycles. The summed E-state index contributed by atoms with van der Waals surface area (Å²) in [5, 5.41) is 12.8. The summed E-state index contributed by atoms with van der Waals surface area (Å²) in [6, 6.07) is 11.7. The van der Waals surface area contributed by atoms with Crippen LogP contribution in [-0.4, -0.2) is 30.6 Å². The number of methoxy groups -OCH3 is 1. The van der Waals surface area contributed by atoms with Crippen molar-refractivity contribution < 1.29 is 24.2 Å². The van der Waals surface area contributed by atoms with Crippen LogP contribution in [0.4, 0.5) is 5.69 Å². The SMILES string of the molecule is COc1cc(NC(C(C)=O)c2ccc(Cl)cc2)cc(OCCC(C)C(=O)O)c1. The molecule has 0 bridgehead atoms. The number of rotatable bonds is 10. The molecule has 0 aliphatic rings. The number of ketones is 1. The van der Waals surface area contributed by atoms with Crippen LogP contribution in [0.25, 0.3) is 0 Å². The molecule has 0 saturated carbocycles. The van der Waals surface area contributed by atoms with E-state index in [4.69, 9.17) is 26.2 Å². The van der Waals surface area contributed by atoms with Gasteiger partial charge in [-0.15, -0.1) is 0 Å². The number of nitrogens with one attached hydrogen (secondary N) is 1. The minimum Gasteiger partial charge on any atom is -0.497 e. The van der Waals surface area contributed by atoms with E-state index in [2.05, 4.69) is 5.32 Å². The Hall–Kier alpha value is -2.73. The summed E-state index contributed by atoms with van der Waals surface area (Å²) < 4.78 is 11.0. The van der Waals surface area contributed by atoms with E-state index in [-0.39, 0.29) is 12.4 Å². The first-order valence-electron chi connectivity index (χ1n) is 8.87. The Morgan fingerprint density at radius 1 is 1.14 bits per heavy atom. The highest BCUT2D eigenvalue weighted by Gasteiger charge is 2.18. The number of hydrogen-bond donors (Lipinski definition) is 2. The molecule has 7 heteroatoms. The lowest BCUT2D eigenvalue weighted by molar-refractivity contribution is -0.141. The highest BCUT2D eigenvalue weighted by molar-refractivity contribution is 6.30. The van der Waals surface area contributed by atoms with Gasteiger partial charge in [0.15, 0.2) is 5.78 Å². The van der Waals surface area contributed by atoms with Crippen LogP contribution in [0, 0.1) is 5.92 Å². The van der Waals surface area contributed by atoms with E-state index in [1.165, 1.54) is 14.0 Å². The van der Waals surface area contributed by atoms with Gasteiger partial charge in [-0.05, 0) is 31.0 Å². The lowest BCUT2D eigenvalue weighted by Gasteiger charge is -2.19. The molecule has 150 valence electrons. The van der Waals surface area contributed by atoms with Crippen molar-refractivity contribution in [2.24, 2.45) is 5.92 Å². The fraction of sp³-hybridized carbons (Fsp3) is 0.333. The van der Waals surface area contributed by atoms with Crippen molar-refractivity contribution in [3.63, 3.8) is 0 Å². The average molecular weight is 406 g/mol. The Bertz CT molecular complexity index is 822. The van der Waals surface area contributed by atoms with Crippen LogP contribution in [0.5, 0.6) is 11.5 Å². The normalized spacial score (nSPS) is 12.7. The molecule has 0 aliphatic heterocycles. The number of anilines is 1. The molecule has 2 aromatic rings. The molecule has 2 aromatic carbocycles. The number of ether oxygens (including phenoxy) is 2. The van der Waals surface area contributed by atoms with Gasteiger partial charge in [0.25, 0.3) is 0 Å². The quantitative estimate of drug-likeness (QED) is 0.601. The maximum atomic E-state index is 12.2. The van der Waals surface area contributed by atoms with Crippen molar-refractivity contribution in [1.82, 2.24) is 0 Å². The molecule has 2 rings (SSSR count). The molecule has 0 heterocycles. The Kier molecular flexibility index (Phi) is 7.70. The van der Waals surface area contributed by atoms with Crippen LogP contribution < -0.4 is 14.8 Å². The molecular formula is C21H24ClNO5. The number of aliphatic carboxylic acids is 1. The maximum Gasteiger partial charge on any atom is 0.306 e. The van der Waals surface area contributed by atoms with Gasteiger partial charge in [0.1, 0.15) is 17.5 Å². The molecule has 28 heavy (non-hydrogen) atoms. The lowest BCUT2D eigenvalue weighted by Crippen LogP contribution is -2.18.